The number of nitrogens with zero attached hydrogens (tertiary/aromatic N) is 1. The van der Waals surface area contributed by atoms with Crippen molar-refractivity contribution in [2.24, 2.45) is 5.92 Å². The Bertz CT molecular complexity index is 126. The largest absolute Gasteiger partial charge is 0.505 e. The number of piperidine rings is 1. The predicted molar refractivity (Wildman–Crippen MR) is 46.4 cm³/mol. The highest BCUT2D eigenvalue weighted by atomic mass is 16.5. The van der Waals surface area contributed by atoms with Crippen LogP contribution in [0, 0.1) is 5.92 Å². The van der Waals surface area contributed by atoms with Gasteiger partial charge in [0.1, 0.15) is 0 Å². The number of rotatable bonds is 2. The average Bonchev–Trinajstić information content (AvgIpc) is 2.04. The van der Waals surface area contributed by atoms with Gasteiger partial charge in [-0.25, -0.2) is 0 Å². The lowest BCUT2D eigenvalue weighted by Crippen LogP contribution is -2.29. The molecule has 0 amide bonds. The molecule has 0 saturated carbocycles. The summed E-state index contributed by atoms with van der Waals surface area (Å²) in [7, 11) is 3.88. The van der Waals surface area contributed by atoms with Gasteiger partial charge in [-0.15, -0.1) is 0 Å². The zero-order valence-corrected chi connectivity index (χ0v) is 7.42. The van der Waals surface area contributed by atoms with Crippen molar-refractivity contribution in [3.63, 3.8) is 0 Å². The Balaban J connectivity index is 2.22. The third-order valence-corrected chi connectivity index (χ3v) is 2.25. The van der Waals surface area contributed by atoms with Crippen LogP contribution in [0.4, 0.5) is 0 Å². The van der Waals surface area contributed by atoms with Crippen LogP contribution in [0.15, 0.2) is 12.3 Å². The van der Waals surface area contributed by atoms with Crippen LogP contribution >= 0.6 is 0 Å². The molecule has 0 bridgehead atoms. The van der Waals surface area contributed by atoms with Gasteiger partial charge < -0.3 is 9.64 Å². The topological polar surface area (TPSA) is 12.5 Å². The molecule has 11 heavy (non-hydrogen) atoms. The lowest BCUT2D eigenvalue weighted by atomic mass is 9.97. The number of hydrogen-bond donors (Lipinski definition) is 0. The van der Waals surface area contributed by atoms with Crippen LogP contribution < -0.4 is 0 Å². The Morgan fingerprint density at radius 3 is 2.55 bits per heavy atom. The van der Waals surface area contributed by atoms with Crippen molar-refractivity contribution in [3.8, 4) is 0 Å². The fourth-order valence-corrected chi connectivity index (χ4v) is 1.41. The Morgan fingerprint density at radius 1 is 1.36 bits per heavy atom. The smallest absolute Gasteiger partial charge is 0.0787 e. The van der Waals surface area contributed by atoms with Gasteiger partial charge in [-0.3, -0.25) is 0 Å². The van der Waals surface area contributed by atoms with Gasteiger partial charge in [0, 0.05) is 0 Å². The van der Waals surface area contributed by atoms with Crippen molar-refractivity contribution < 1.29 is 4.74 Å². The van der Waals surface area contributed by atoms with Gasteiger partial charge in [0.05, 0.1) is 13.4 Å². The van der Waals surface area contributed by atoms with Crippen LogP contribution in [-0.4, -0.2) is 32.1 Å². The van der Waals surface area contributed by atoms with Crippen LogP contribution in [0.3, 0.4) is 0 Å². The Labute approximate surface area is 68.8 Å². The summed E-state index contributed by atoms with van der Waals surface area (Å²) in [6.07, 6.45) is 6.52. The van der Waals surface area contributed by atoms with Crippen molar-refractivity contribution in [1.29, 1.82) is 0 Å². The Kier molecular flexibility index (Phi) is 3.43. The number of likely N-dealkylation sites (tertiary alicyclic amines) is 1. The van der Waals surface area contributed by atoms with Crippen LogP contribution in [0.25, 0.3) is 0 Å². The summed E-state index contributed by atoms with van der Waals surface area (Å²) in [5.74, 6) is 0.742. The molecule has 0 atom stereocenters. The van der Waals surface area contributed by atoms with E-state index in [1.54, 1.807) is 13.4 Å². The van der Waals surface area contributed by atoms with E-state index in [0.29, 0.717) is 0 Å². The fraction of sp³-hybridized carbons (Fsp3) is 0.778. The Hall–Kier alpha value is -0.500. The minimum absolute atomic E-state index is 0.742. The van der Waals surface area contributed by atoms with E-state index in [-0.39, 0.29) is 0 Å². The molecule has 0 aliphatic carbocycles. The molecular formula is C9H17NO. The second kappa shape index (κ2) is 4.39. The van der Waals surface area contributed by atoms with Gasteiger partial charge in [0.2, 0.25) is 0 Å². The van der Waals surface area contributed by atoms with Crippen LogP contribution in [0.5, 0.6) is 0 Å². The lowest BCUT2D eigenvalue weighted by molar-refractivity contribution is 0.240. The first-order valence-corrected chi connectivity index (χ1v) is 4.21. The zero-order chi connectivity index (χ0) is 8.10. The van der Waals surface area contributed by atoms with E-state index in [9.17, 15) is 0 Å². The maximum atomic E-state index is 4.88. The molecule has 0 aromatic rings. The normalized spacial score (nSPS) is 22.7. The van der Waals surface area contributed by atoms with E-state index in [1.165, 1.54) is 25.9 Å². The number of methoxy groups -OCH3 is 1. The molecule has 1 saturated heterocycles. The van der Waals surface area contributed by atoms with E-state index >= 15 is 0 Å². The quantitative estimate of drug-likeness (QED) is 0.560. The van der Waals surface area contributed by atoms with Crippen molar-refractivity contribution >= 4 is 0 Å². The number of allylic oxidation sites excluding steroid dienone is 1. The molecule has 0 N–H and O–H groups in total. The summed E-state index contributed by atoms with van der Waals surface area (Å²) in [4.78, 5) is 2.37. The summed E-state index contributed by atoms with van der Waals surface area (Å²) in [5, 5.41) is 0. The predicted octanol–water partition coefficient (Wildman–Crippen LogP) is 1.49. The number of hydrogen-bond acceptors (Lipinski definition) is 2. The first-order valence-electron chi connectivity index (χ1n) is 4.21. The van der Waals surface area contributed by atoms with Crippen molar-refractivity contribution in [1.82, 2.24) is 4.90 Å². The minimum Gasteiger partial charge on any atom is -0.505 e. The molecule has 1 rings (SSSR count). The van der Waals surface area contributed by atoms with E-state index in [2.05, 4.69) is 18.0 Å². The molecule has 1 aliphatic heterocycles. The van der Waals surface area contributed by atoms with E-state index in [4.69, 9.17) is 4.74 Å². The highest BCUT2D eigenvalue weighted by Crippen LogP contribution is 2.16. The molecule has 0 radical (unpaired) electrons. The van der Waals surface area contributed by atoms with Gasteiger partial charge in [-0.1, -0.05) is 0 Å². The van der Waals surface area contributed by atoms with Gasteiger partial charge in [0.25, 0.3) is 0 Å². The SMILES string of the molecule is CO/C=C/C1CCN(C)CC1. The van der Waals surface area contributed by atoms with E-state index < -0.39 is 0 Å². The molecule has 2 nitrogen and oxygen atoms in total. The molecule has 0 aromatic heterocycles. The highest BCUT2D eigenvalue weighted by Gasteiger charge is 2.13. The Morgan fingerprint density at radius 2 is 2.00 bits per heavy atom. The van der Waals surface area contributed by atoms with E-state index in [0.717, 1.165) is 5.92 Å². The summed E-state index contributed by atoms with van der Waals surface area (Å²) in [6.45, 7) is 2.44. The summed E-state index contributed by atoms with van der Waals surface area (Å²) >= 11 is 0. The molecule has 0 unspecified atom stereocenters. The number of ether oxygens (including phenoxy) is 1. The molecule has 1 aliphatic rings. The minimum atomic E-state index is 0.742. The molecular weight excluding hydrogens is 138 g/mol. The molecule has 0 spiro atoms. The van der Waals surface area contributed by atoms with Crippen LogP contribution in [0.2, 0.25) is 0 Å². The summed E-state index contributed by atoms with van der Waals surface area (Å²) < 4.78 is 4.88. The summed E-state index contributed by atoms with van der Waals surface area (Å²) in [6, 6.07) is 0. The highest BCUT2D eigenvalue weighted by molar-refractivity contribution is 4.86. The van der Waals surface area contributed by atoms with Crippen molar-refractivity contribution in [2.75, 3.05) is 27.2 Å². The first-order chi connectivity index (χ1) is 5.33. The monoisotopic (exact) mass is 155 g/mol. The standard InChI is InChI=1S/C9H17NO/c1-10-6-3-9(4-7-10)5-8-11-2/h5,8-9H,3-4,6-7H2,1-2H3/b8-5+. The van der Waals surface area contributed by atoms with Gasteiger partial charge >= 0.3 is 0 Å². The van der Waals surface area contributed by atoms with Crippen molar-refractivity contribution in [2.45, 2.75) is 12.8 Å². The molecule has 2 heteroatoms. The molecule has 64 valence electrons. The zero-order valence-electron chi connectivity index (χ0n) is 7.42. The molecule has 0 aromatic carbocycles. The van der Waals surface area contributed by atoms with Crippen molar-refractivity contribution in [3.05, 3.63) is 12.3 Å². The van der Waals surface area contributed by atoms with Gasteiger partial charge in [-0.2, -0.15) is 0 Å². The van der Waals surface area contributed by atoms with Crippen LogP contribution in [0.1, 0.15) is 12.8 Å². The van der Waals surface area contributed by atoms with Crippen LogP contribution in [-0.2, 0) is 4.74 Å². The second-order valence-electron chi connectivity index (χ2n) is 3.20. The van der Waals surface area contributed by atoms with E-state index in [1.807, 2.05) is 0 Å². The molecule has 1 heterocycles. The maximum Gasteiger partial charge on any atom is 0.0787 e. The second-order valence-corrected chi connectivity index (χ2v) is 3.20. The summed E-state index contributed by atoms with van der Waals surface area (Å²) in [5.41, 5.74) is 0. The lowest BCUT2D eigenvalue weighted by Gasteiger charge is -2.26. The molecule has 1 fully saturated rings. The van der Waals surface area contributed by atoms with Gasteiger partial charge in [-0.05, 0) is 45.0 Å². The fourth-order valence-electron chi connectivity index (χ4n) is 1.41. The van der Waals surface area contributed by atoms with Gasteiger partial charge in [0.15, 0.2) is 0 Å². The first kappa shape index (κ1) is 8.60. The third-order valence-electron chi connectivity index (χ3n) is 2.25. The maximum absolute atomic E-state index is 4.88. The average molecular weight is 155 g/mol. The third kappa shape index (κ3) is 2.93.